The number of hydrogen-bond acceptors (Lipinski definition) is 2. The molecule has 0 heterocycles. The van der Waals surface area contributed by atoms with Crippen LogP contribution in [0.1, 0.15) is 0 Å². The molecule has 0 aliphatic heterocycles. The lowest BCUT2D eigenvalue weighted by Gasteiger charge is -2.08. The van der Waals surface area contributed by atoms with Crippen molar-refractivity contribution in [3.8, 4) is 0 Å². The van der Waals surface area contributed by atoms with Gasteiger partial charge in [-0.05, 0) is 0 Å². The van der Waals surface area contributed by atoms with Crippen LogP contribution in [0.5, 0.6) is 0 Å². The van der Waals surface area contributed by atoms with Crippen LogP contribution in [0, 0.1) is 0 Å². The molecule has 0 N–H and O–H groups in total. The molecule has 0 unspecified atom stereocenters. The van der Waals surface area contributed by atoms with Gasteiger partial charge >= 0.3 is 0 Å². The van der Waals surface area contributed by atoms with E-state index >= 15 is 0 Å². The van der Waals surface area contributed by atoms with Gasteiger partial charge in [0.1, 0.15) is 12.5 Å². The third-order valence-corrected chi connectivity index (χ3v) is 3.17. The topological polar surface area (TPSA) is 18.5 Å². The van der Waals surface area contributed by atoms with Crippen molar-refractivity contribution in [2.45, 2.75) is 0 Å². The maximum Gasteiger partial charge on any atom is 0.295 e. The van der Waals surface area contributed by atoms with E-state index < -0.39 is 7.72 Å². The number of rotatable bonds is 3. The Labute approximate surface area is 51.0 Å². The molecule has 0 bridgehead atoms. The fraction of sp³-hybridized carbons (Fsp3) is 0.600. The summed E-state index contributed by atoms with van der Waals surface area (Å²) < 4.78 is 10.0. The van der Waals surface area contributed by atoms with Crippen LogP contribution in [0.2, 0.25) is 0 Å². The van der Waals surface area contributed by atoms with E-state index in [1.54, 1.807) is 20.0 Å². The Morgan fingerprint density at radius 1 is 1.38 bits per heavy atom. The first-order valence-electron chi connectivity index (χ1n) is 2.30. The normalized spacial score (nSPS) is 11.4. The van der Waals surface area contributed by atoms with Crippen molar-refractivity contribution in [2.75, 3.05) is 20.9 Å². The van der Waals surface area contributed by atoms with Crippen LogP contribution in [0.15, 0.2) is 12.4 Å². The summed E-state index contributed by atoms with van der Waals surface area (Å²) >= 11 is 0. The summed E-state index contributed by atoms with van der Waals surface area (Å²) in [7, 11) is 1.60. The average Bonchev–Trinajstić information content (AvgIpc) is 1.87. The van der Waals surface area contributed by atoms with Gasteiger partial charge in [-0.15, -0.1) is 0 Å². The standard InChI is InChI=1S/C5H12O2P/c1-5-8(4,6-2)7-3/h5H,1H2,2-4H3/q+1. The number of hydrogen-bond donors (Lipinski definition) is 0. The van der Waals surface area contributed by atoms with Crippen LogP contribution < -0.4 is 0 Å². The van der Waals surface area contributed by atoms with Crippen LogP contribution in [-0.2, 0) is 9.05 Å². The van der Waals surface area contributed by atoms with E-state index in [0.717, 1.165) is 0 Å². The van der Waals surface area contributed by atoms with Crippen LogP contribution >= 0.6 is 7.72 Å². The molecule has 0 aliphatic rings. The van der Waals surface area contributed by atoms with Crippen molar-refractivity contribution in [3.05, 3.63) is 12.4 Å². The molecule has 0 saturated carbocycles. The Morgan fingerprint density at radius 2 is 1.75 bits per heavy atom. The highest BCUT2D eigenvalue weighted by Gasteiger charge is 2.27. The van der Waals surface area contributed by atoms with Gasteiger partial charge in [0, 0.05) is 0 Å². The second kappa shape index (κ2) is 3.18. The summed E-state index contributed by atoms with van der Waals surface area (Å²) in [6.07, 6.45) is 0. The quantitative estimate of drug-likeness (QED) is 0.550. The zero-order valence-electron chi connectivity index (χ0n) is 5.55. The summed E-state index contributed by atoms with van der Waals surface area (Å²) in [5.41, 5.74) is 0. The SMILES string of the molecule is C=C[P+](C)(OC)OC. The lowest BCUT2D eigenvalue weighted by molar-refractivity contribution is 0.331. The van der Waals surface area contributed by atoms with Gasteiger partial charge in [0.25, 0.3) is 7.72 Å². The Bertz CT molecular complexity index is 78.5. The molecule has 0 aromatic carbocycles. The first-order chi connectivity index (χ1) is 3.68. The summed E-state index contributed by atoms with van der Waals surface area (Å²) in [5, 5.41) is 0. The zero-order valence-corrected chi connectivity index (χ0v) is 6.44. The van der Waals surface area contributed by atoms with Crippen molar-refractivity contribution < 1.29 is 9.05 Å². The highest BCUT2D eigenvalue weighted by Crippen LogP contribution is 2.56. The molecule has 0 radical (unpaired) electrons. The molecule has 0 atom stereocenters. The van der Waals surface area contributed by atoms with Gasteiger partial charge < -0.3 is 0 Å². The van der Waals surface area contributed by atoms with Crippen LogP contribution in [0.25, 0.3) is 0 Å². The summed E-state index contributed by atoms with van der Waals surface area (Å²) in [6, 6.07) is 0. The maximum atomic E-state index is 5.01. The molecule has 0 amide bonds. The average molecular weight is 135 g/mol. The Hall–Kier alpha value is 0.0900. The third kappa shape index (κ3) is 1.91. The van der Waals surface area contributed by atoms with E-state index in [-0.39, 0.29) is 0 Å². The monoisotopic (exact) mass is 135 g/mol. The van der Waals surface area contributed by atoms with Gasteiger partial charge in [0.15, 0.2) is 0 Å². The van der Waals surface area contributed by atoms with E-state index in [1.165, 1.54) is 0 Å². The highest BCUT2D eigenvalue weighted by molar-refractivity contribution is 7.68. The molecule has 0 saturated heterocycles. The molecule has 3 heteroatoms. The second-order valence-electron chi connectivity index (χ2n) is 1.46. The minimum Gasteiger partial charge on any atom is -0.205 e. The van der Waals surface area contributed by atoms with Crippen molar-refractivity contribution in [1.82, 2.24) is 0 Å². The lowest BCUT2D eigenvalue weighted by atomic mass is 11.3. The molecule has 2 nitrogen and oxygen atoms in total. The van der Waals surface area contributed by atoms with E-state index in [9.17, 15) is 0 Å². The fourth-order valence-electron chi connectivity index (χ4n) is 0.224. The minimum absolute atomic E-state index is 1.62. The van der Waals surface area contributed by atoms with Gasteiger partial charge in [0.2, 0.25) is 0 Å². The molecule has 0 spiro atoms. The molecular weight excluding hydrogens is 123 g/mol. The van der Waals surface area contributed by atoms with E-state index in [1.807, 2.05) is 6.66 Å². The molecule has 8 heavy (non-hydrogen) atoms. The van der Waals surface area contributed by atoms with Crippen molar-refractivity contribution >= 4 is 7.72 Å². The van der Waals surface area contributed by atoms with Crippen molar-refractivity contribution in [3.63, 3.8) is 0 Å². The Balaban J connectivity index is 3.76. The third-order valence-electron chi connectivity index (χ3n) is 1.06. The van der Waals surface area contributed by atoms with Crippen LogP contribution in [0.3, 0.4) is 0 Å². The van der Waals surface area contributed by atoms with Gasteiger partial charge in [-0.3, -0.25) is 0 Å². The maximum absolute atomic E-state index is 5.01. The van der Waals surface area contributed by atoms with E-state index in [0.29, 0.717) is 0 Å². The predicted octanol–water partition coefficient (Wildman–Crippen LogP) is 1.90. The van der Waals surface area contributed by atoms with Crippen LogP contribution in [0.4, 0.5) is 0 Å². The first kappa shape index (κ1) is 8.09. The molecular formula is C5H12O2P+. The fourth-order valence-corrected chi connectivity index (χ4v) is 0.671. The summed E-state index contributed by atoms with van der Waals surface area (Å²) in [5.74, 6) is 1.72. The lowest BCUT2D eigenvalue weighted by Crippen LogP contribution is -1.90. The Morgan fingerprint density at radius 3 is 1.75 bits per heavy atom. The van der Waals surface area contributed by atoms with Gasteiger partial charge in [-0.25, -0.2) is 9.05 Å². The predicted molar refractivity (Wildman–Crippen MR) is 37.1 cm³/mol. The largest absolute Gasteiger partial charge is 0.295 e. The molecule has 0 rings (SSSR count). The van der Waals surface area contributed by atoms with Crippen molar-refractivity contribution in [1.29, 1.82) is 0 Å². The smallest absolute Gasteiger partial charge is 0.205 e. The van der Waals surface area contributed by atoms with Gasteiger partial charge in [-0.2, -0.15) is 0 Å². The van der Waals surface area contributed by atoms with Crippen LogP contribution in [-0.4, -0.2) is 20.9 Å². The first-order valence-corrected chi connectivity index (χ1v) is 4.44. The molecule has 0 fully saturated rings. The molecule has 48 valence electrons. The summed E-state index contributed by atoms with van der Waals surface area (Å²) in [4.78, 5) is 0. The van der Waals surface area contributed by atoms with Crippen molar-refractivity contribution in [2.24, 2.45) is 0 Å². The molecule has 0 aliphatic carbocycles. The van der Waals surface area contributed by atoms with Gasteiger partial charge in [0.05, 0.1) is 14.2 Å². The minimum atomic E-state index is -1.65. The molecule has 0 aromatic heterocycles. The Kier molecular flexibility index (Phi) is 3.22. The second-order valence-corrected chi connectivity index (χ2v) is 4.37. The molecule has 0 aromatic rings. The van der Waals surface area contributed by atoms with E-state index in [2.05, 4.69) is 6.58 Å². The van der Waals surface area contributed by atoms with E-state index in [4.69, 9.17) is 9.05 Å². The zero-order chi connectivity index (χ0) is 6.62. The summed E-state index contributed by atoms with van der Waals surface area (Å²) in [6.45, 7) is 5.48. The van der Waals surface area contributed by atoms with Gasteiger partial charge in [-0.1, -0.05) is 6.58 Å². The highest BCUT2D eigenvalue weighted by atomic mass is 31.2.